The number of hydrogen-bond donors (Lipinski definition) is 1. The van der Waals surface area contributed by atoms with Crippen molar-refractivity contribution in [1.82, 2.24) is 15.1 Å². The summed E-state index contributed by atoms with van der Waals surface area (Å²) in [7, 11) is 0. The Morgan fingerprint density at radius 1 is 1.22 bits per heavy atom. The third-order valence-electron chi connectivity index (χ3n) is 3.56. The molecule has 0 bridgehead atoms. The van der Waals surface area contributed by atoms with Crippen molar-refractivity contribution in [3.05, 3.63) is 17.5 Å². The van der Waals surface area contributed by atoms with E-state index in [0.29, 0.717) is 18.0 Å². The van der Waals surface area contributed by atoms with Gasteiger partial charge in [-0.1, -0.05) is 27.7 Å². The molecule has 0 aliphatic heterocycles. The van der Waals surface area contributed by atoms with Crippen molar-refractivity contribution < 1.29 is 0 Å². The second-order valence-corrected chi connectivity index (χ2v) is 5.59. The molecule has 3 heteroatoms. The summed E-state index contributed by atoms with van der Waals surface area (Å²) in [4.78, 5) is 0. The summed E-state index contributed by atoms with van der Waals surface area (Å²) in [5.41, 5.74) is 2.59. The minimum atomic E-state index is 0.537. The van der Waals surface area contributed by atoms with Gasteiger partial charge in [0.05, 0.1) is 5.69 Å². The summed E-state index contributed by atoms with van der Waals surface area (Å²) in [5.74, 6) is 0.624. The number of nitrogens with zero attached hydrogens (tertiary/aromatic N) is 2. The van der Waals surface area contributed by atoms with Gasteiger partial charge in [0.1, 0.15) is 0 Å². The second-order valence-electron chi connectivity index (χ2n) is 5.59. The Bertz CT molecular complexity index is 355. The van der Waals surface area contributed by atoms with E-state index >= 15 is 0 Å². The molecule has 0 aromatic carbocycles. The van der Waals surface area contributed by atoms with Crippen LogP contribution in [-0.2, 0) is 19.4 Å². The van der Waals surface area contributed by atoms with Crippen LogP contribution in [0.2, 0.25) is 0 Å². The Morgan fingerprint density at radius 3 is 2.39 bits per heavy atom. The molecule has 1 heterocycles. The summed E-state index contributed by atoms with van der Waals surface area (Å²) in [6, 6.07) is 3.35. The van der Waals surface area contributed by atoms with Gasteiger partial charge in [0, 0.05) is 24.3 Å². The molecule has 3 nitrogen and oxygen atoms in total. The topological polar surface area (TPSA) is 29.9 Å². The van der Waals surface area contributed by atoms with Gasteiger partial charge in [-0.2, -0.15) is 5.10 Å². The molecule has 0 radical (unpaired) electrons. The van der Waals surface area contributed by atoms with Crippen LogP contribution >= 0.6 is 0 Å². The van der Waals surface area contributed by atoms with Crippen molar-refractivity contribution in [2.75, 3.05) is 0 Å². The van der Waals surface area contributed by atoms with E-state index in [1.165, 1.54) is 11.4 Å². The maximum atomic E-state index is 4.62. The van der Waals surface area contributed by atoms with Crippen molar-refractivity contribution in [2.24, 2.45) is 5.92 Å². The minimum absolute atomic E-state index is 0.537. The van der Waals surface area contributed by atoms with Gasteiger partial charge in [-0.05, 0) is 38.7 Å². The van der Waals surface area contributed by atoms with Crippen molar-refractivity contribution in [2.45, 2.75) is 73.0 Å². The Kier molecular flexibility index (Phi) is 5.86. The van der Waals surface area contributed by atoms with E-state index in [-0.39, 0.29) is 0 Å². The van der Waals surface area contributed by atoms with Crippen LogP contribution in [0.3, 0.4) is 0 Å². The molecule has 0 aliphatic rings. The fourth-order valence-electron chi connectivity index (χ4n) is 2.32. The van der Waals surface area contributed by atoms with Crippen molar-refractivity contribution in [1.29, 1.82) is 0 Å². The number of nitrogens with one attached hydrogen (secondary N) is 1. The SMILES string of the molecule is CCc1cc(CC(C)C(C)NC(C)C)n(CC)n1. The summed E-state index contributed by atoms with van der Waals surface area (Å²) in [6.45, 7) is 14.3. The van der Waals surface area contributed by atoms with Crippen molar-refractivity contribution >= 4 is 0 Å². The second kappa shape index (κ2) is 6.93. The van der Waals surface area contributed by atoms with Gasteiger partial charge in [-0.3, -0.25) is 4.68 Å². The lowest BCUT2D eigenvalue weighted by Gasteiger charge is -2.23. The molecule has 1 aromatic heterocycles. The third-order valence-corrected chi connectivity index (χ3v) is 3.56. The quantitative estimate of drug-likeness (QED) is 0.807. The summed E-state index contributed by atoms with van der Waals surface area (Å²) in [6.07, 6.45) is 2.12. The first-order valence-electron chi connectivity index (χ1n) is 7.29. The lowest BCUT2D eigenvalue weighted by Crippen LogP contribution is -2.38. The molecule has 2 atom stereocenters. The van der Waals surface area contributed by atoms with Crippen LogP contribution in [0.4, 0.5) is 0 Å². The van der Waals surface area contributed by atoms with Gasteiger partial charge < -0.3 is 5.32 Å². The first-order valence-corrected chi connectivity index (χ1v) is 7.29. The highest BCUT2D eigenvalue weighted by Gasteiger charge is 2.16. The Morgan fingerprint density at radius 2 is 1.89 bits per heavy atom. The minimum Gasteiger partial charge on any atom is -0.312 e. The fourth-order valence-corrected chi connectivity index (χ4v) is 2.32. The molecule has 0 fully saturated rings. The van der Waals surface area contributed by atoms with E-state index in [9.17, 15) is 0 Å². The van der Waals surface area contributed by atoms with E-state index in [1.54, 1.807) is 0 Å². The Labute approximate surface area is 112 Å². The number of aryl methyl sites for hydroxylation is 2. The van der Waals surface area contributed by atoms with Crippen LogP contribution in [0.15, 0.2) is 6.07 Å². The van der Waals surface area contributed by atoms with Crippen molar-refractivity contribution in [3.63, 3.8) is 0 Å². The molecule has 104 valence electrons. The standard InChI is InChI=1S/C15H29N3/c1-7-14-10-15(18(8-2)17-14)9-12(5)13(6)16-11(3)4/h10-13,16H,7-9H2,1-6H3. The summed E-state index contributed by atoms with van der Waals surface area (Å²) in [5, 5.41) is 8.21. The average Bonchev–Trinajstić information content (AvgIpc) is 2.70. The summed E-state index contributed by atoms with van der Waals surface area (Å²) < 4.78 is 2.15. The van der Waals surface area contributed by atoms with Crippen LogP contribution < -0.4 is 5.32 Å². The van der Waals surface area contributed by atoms with E-state index in [2.05, 4.69) is 62.7 Å². The first kappa shape index (κ1) is 15.2. The summed E-state index contributed by atoms with van der Waals surface area (Å²) >= 11 is 0. The molecular weight excluding hydrogens is 222 g/mol. The molecule has 1 aromatic rings. The van der Waals surface area contributed by atoms with E-state index in [0.717, 1.165) is 19.4 Å². The Balaban J connectivity index is 2.68. The molecule has 0 amide bonds. The van der Waals surface area contributed by atoms with E-state index in [1.807, 2.05) is 0 Å². The van der Waals surface area contributed by atoms with Gasteiger partial charge in [-0.25, -0.2) is 0 Å². The van der Waals surface area contributed by atoms with Crippen LogP contribution in [0.1, 0.15) is 52.9 Å². The van der Waals surface area contributed by atoms with Crippen LogP contribution in [0, 0.1) is 5.92 Å². The van der Waals surface area contributed by atoms with E-state index < -0.39 is 0 Å². The predicted octanol–water partition coefficient (Wildman–Crippen LogP) is 3.03. The zero-order valence-electron chi connectivity index (χ0n) is 12.8. The zero-order chi connectivity index (χ0) is 13.7. The van der Waals surface area contributed by atoms with E-state index in [4.69, 9.17) is 0 Å². The van der Waals surface area contributed by atoms with Crippen LogP contribution in [0.5, 0.6) is 0 Å². The molecule has 1 N–H and O–H groups in total. The molecule has 1 rings (SSSR count). The van der Waals surface area contributed by atoms with Crippen LogP contribution in [-0.4, -0.2) is 21.9 Å². The largest absolute Gasteiger partial charge is 0.312 e. The molecule has 0 saturated carbocycles. The van der Waals surface area contributed by atoms with Gasteiger partial charge in [0.2, 0.25) is 0 Å². The van der Waals surface area contributed by atoms with Gasteiger partial charge >= 0.3 is 0 Å². The van der Waals surface area contributed by atoms with Crippen LogP contribution in [0.25, 0.3) is 0 Å². The average molecular weight is 251 g/mol. The third kappa shape index (κ3) is 4.13. The van der Waals surface area contributed by atoms with Gasteiger partial charge in [0.25, 0.3) is 0 Å². The molecule has 2 unspecified atom stereocenters. The molecule has 0 saturated heterocycles. The molecular formula is C15H29N3. The number of rotatable bonds is 7. The number of aromatic nitrogens is 2. The maximum absolute atomic E-state index is 4.62. The highest BCUT2D eigenvalue weighted by atomic mass is 15.3. The molecule has 18 heavy (non-hydrogen) atoms. The monoisotopic (exact) mass is 251 g/mol. The fraction of sp³-hybridized carbons (Fsp3) is 0.800. The Hall–Kier alpha value is -0.830. The normalized spacial score (nSPS) is 15.1. The van der Waals surface area contributed by atoms with Crippen molar-refractivity contribution in [3.8, 4) is 0 Å². The molecule has 0 spiro atoms. The maximum Gasteiger partial charge on any atom is 0.0624 e. The smallest absolute Gasteiger partial charge is 0.0624 e. The lowest BCUT2D eigenvalue weighted by atomic mass is 9.97. The predicted molar refractivity (Wildman–Crippen MR) is 77.9 cm³/mol. The van der Waals surface area contributed by atoms with Gasteiger partial charge in [0.15, 0.2) is 0 Å². The highest BCUT2D eigenvalue weighted by Crippen LogP contribution is 2.14. The van der Waals surface area contributed by atoms with Gasteiger partial charge in [-0.15, -0.1) is 0 Å². The number of hydrogen-bond acceptors (Lipinski definition) is 2. The zero-order valence-corrected chi connectivity index (χ0v) is 12.8. The first-order chi connectivity index (χ1) is 8.47. The highest BCUT2D eigenvalue weighted by molar-refractivity contribution is 5.11. The lowest BCUT2D eigenvalue weighted by molar-refractivity contribution is 0.365. The molecule has 0 aliphatic carbocycles.